The molecule has 8 heteroatoms. The van der Waals surface area contributed by atoms with Crippen molar-refractivity contribution in [3.8, 4) is 34.0 Å². The van der Waals surface area contributed by atoms with Crippen LogP contribution in [0.4, 0.5) is 0 Å². The normalized spacial score (nSPS) is 11.6. The van der Waals surface area contributed by atoms with Gasteiger partial charge in [0, 0.05) is 34.5 Å². The van der Waals surface area contributed by atoms with Gasteiger partial charge in [-0.15, -0.1) is 0 Å². The molecule has 0 bridgehead atoms. The van der Waals surface area contributed by atoms with E-state index in [4.69, 9.17) is 19.4 Å². The first-order valence-corrected chi connectivity index (χ1v) is 15.8. The molecule has 0 radical (unpaired) electrons. The van der Waals surface area contributed by atoms with Crippen LogP contribution in [0.15, 0.2) is 109 Å². The average Bonchev–Trinajstić information content (AvgIpc) is 3.10. The van der Waals surface area contributed by atoms with Crippen molar-refractivity contribution in [3.63, 3.8) is 0 Å². The predicted octanol–water partition coefficient (Wildman–Crippen LogP) is 7.46. The van der Waals surface area contributed by atoms with E-state index in [0.29, 0.717) is 35.7 Å². The first-order valence-electron chi connectivity index (χ1n) is 15.8. The summed E-state index contributed by atoms with van der Waals surface area (Å²) in [5, 5.41) is 7.58. The average molecular weight is 625 g/mol. The maximum atomic E-state index is 13.7. The number of amides is 2. The van der Waals surface area contributed by atoms with Gasteiger partial charge in [0.25, 0.3) is 11.8 Å². The largest absolute Gasteiger partial charge is 0.494 e. The molecule has 0 aliphatic heterocycles. The summed E-state index contributed by atoms with van der Waals surface area (Å²) in [5.41, 5.74) is 5.59. The van der Waals surface area contributed by atoms with Crippen molar-refractivity contribution in [2.45, 2.75) is 26.8 Å². The summed E-state index contributed by atoms with van der Waals surface area (Å²) >= 11 is 0. The Kier molecular flexibility index (Phi) is 9.38. The number of pyridine rings is 2. The molecular weight excluding hydrogens is 588 g/mol. The monoisotopic (exact) mass is 624 g/mol. The highest BCUT2D eigenvalue weighted by Gasteiger charge is 2.18. The lowest BCUT2D eigenvalue weighted by Crippen LogP contribution is -2.42. The molecule has 2 N–H and O–H groups in total. The van der Waals surface area contributed by atoms with Crippen molar-refractivity contribution < 1.29 is 19.1 Å². The third-order valence-corrected chi connectivity index (χ3v) is 7.79. The van der Waals surface area contributed by atoms with Gasteiger partial charge in [0.05, 0.1) is 46.8 Å². The SMILES string of the molecule is CCOc1ccc(-c2cc(C(=O)NC[C@H](C)NC(=O)c3cc(-c4ccc(OCC)cc4)nc4ccccc34)c3ccccc3n2)cc1. The minimum atomic E-state index is -0.356. The van der Waals surface area contributed by atoms with Crippen molar-refractivity contribution in [1.29, 1.82) is 0 Å². The lowest BCUT2D eigenvalue weighted by Gasteiger charge is -2.17. The number of rotatable bonds is 11. The minimum absolute atomic E-state index is 0.231. The first kappa shape index (κ1) is 31.2. The van der Waals surface area contributed by atoms with Crippen LogP contribution >= 0.6 is 0 Å². The van der Waals surface area contributed by atoms with Crippen LogP contribution in [0.1, 0.15) is 41.5 Å². The fraction of sp³-hybridized carbons (Fsp3) is 0.179. The molecule has 0 saturated carbocycles. The Labute approximate surface area is 273 Å². The van der Waals surface area contributed by atoms with Gasteiger partial charge < -0.3 is 20.1 Å². The Morgan fingerprint density at radius 3 is 1.55 bits per heavy atom. The van der Waals surface area contributed by atoms with E-state index in [1.165, 1.54) is 0 Å². The minimum Gasteiger partial charge on any atom is -0.494 e. The van der Waals surface area contributed by atoms with Crippen LogP contribution in [0.25, 0.3) is 44.3 Å². The van der Waals surface area contributed by atoms with Crippen LogP contribution in [-0.2, 0) is 0 Å². The molecule has 0 unspecified atom stereocenters. The van der Waals surface area contributed by atoms with Gasteiger partial charge in [0.15, 0.2) is 0 Å². The van der Waals surface area contributed by atoms with Gasteiger partial charge in [-0.3, -0.25) is 9.59 Å². The summed E-state index contributed by atoms with van der Waals surface area (Å²) in [4.78, 5) is 36.9. The quantitative estimate of drug-likeness (QED) is 0.155. The van der Waals surface area contributed by atoms with Gasteiger partial charge in [-0.25, -0.2) is 9.97 Å². The van der Waals surface area contributed by atoms with Gasteiger partial charge >= 0.3 is 0 Å². The van der Waals surface area contributed by atoms with E-state index in [1.54, 1.807) is 0 Å². The number of carbonyl (C=O) groups is 2. The van der Waals surface area contributed by atoms with Crippen molar-refractivity contribution in [1.82, 2.24) is 20.6 Å². The Morgan fingerprint density at radius 1 is 0.638 bits per heavy atom. The van der Waals surface area contributed by atoms with Gasteiger partial charge in [-0.1, -0.05) is 36.4 Å². The number of ether oxygens (including phenoxy) is 2. The molecule has 47 heavy (non-hydrogen) atoms. The zero-order chi connectivity index (χ0) is 32.8. The Bertz CT molecular complexity index is 2040. The molecule has 0 aliphatic rings. The van der Waals surface area contributed by atoms with E-state index >= 15 is 0 Å². The van der Waals surface area contributed by atoms with E-state index in [1.807, 2.05) is 130 Å². The molecule has 2 heterocycles. The van der Waals surface area contributed by atoms with Crippen molar-refractivity contribution in [2.24, 2.45) is 0 Å². The van der Waals surface area contributed by atoms with Crippen molar-refractivity contribution in [3.05, 3.63) is 120 Å². The number of hydrogen-bond donors (Lipinski definition) is 2. The maximum absolute atomic E-state index is 13.7. The highest BCUT2D eigenvalue weighted by Crippen LogP contribution is 2.28. The van der Waals surface area contributed by atoms with Crippen LogP contribution in [0, 0.1) is 0 Å². The second kappa shape index (κ2) is 14.1. The molecule has 1 atom stereocenters. The Hall–Kier alpha value is -5.76. The molecule has 8 nitrogen and oxygen atoms in total. The topological polar surface area (TPSA) is 102 Å². The molecule has 0 aliphatic carbocycles. The fourth-order valence-electron chi connectivity index (χ4n) is 5.49. The molecule has 0 saturated heterocycles. The molecule has 4 aromatic carbocycles. The molecule has 0 fully saturated rings. The van der Waals surface area contributed by atoms with Gasteiger partial charge in [0.1, 0.15) is 11.5 Å². The second-order valence-corrected chi connectivity index (χ2v) is 11.1. The number of fused-ring (bicyclic) bond motifs is 2. The summed E-state index contributed by atoms with van der Waals surface area (Å²) in [6.07, 6.45) is 0. The van der Waals surface area contributed by atoms with Gasteiger partial charge in [-0.05, 0) is 93.6 Å². The number of para-hydroxylation sites is 2. The predicted molar refractivity (Wildman–Crippen MR) is 186 cm³/mol. The summed E-state index contributed by atoms with van der Waals surface area (Å²) in [6.45, 7) is 7.15. The smallest absolute Gasteiger partial charge is 0.252 e. The van der Waals surface area contributed by atoms with Crippen LogP contribution in [0.2, 0.25) is 0 Å². The van der Waals surface area contributed by atoms with E-state index in [-0.39, 0.29) is 24.4 Å². The summed E-state index contributed by atoms with van der Waals surface area (Å²) < 4.78 is 11.2. The second-order valence-electron chi connectivity index (χ2n) is 11.1. The van der Waals surface area contributed by atoms with Crippen LogP contribution in [-0.4, -0.2) is 47.6 Å². The third kappa shape index (κ3) is 7.07. The molecule has 2 aromatic heterocycles. The number of nitrogens with zero attached hydrogens (tertiary/aromatic N) is 2. The summed E-state index contributed by atoms with van der Waals surface area (Å²) in [7, 11) is 0. The van der Waals surface area contributed by atoms with Crippen LogP contribution < -0.4 is 20.1 Å². The standard InChI is InChI=1S/C39H36N4O4/c1-4-46-28-18-14-26(15-19-28)36-22-32(30-10-6-8-12-34(30)42-36)38(44)40-24-25(3)41-39(45)33-23-37(43-35-13-9-7-11-31(33)35)27-16-20-29(21-17-27)47-5-2/h6-23,25H,4-5,24H2,1-3H3,(H,40,44)(H,41,45)/t25-/m0/s1. The zero-order valence-corrected chi connectivity index (χ0v) is 26.6. The Balaban J connectivity index is 1.19. The Morgan fingerprint density at radius 2 is 1.09 bits per heavy atom. The molecule has 2 amide bonds. The van der Waals surface area contributed by atoms with Gasteiger partial charge in [0.2, 0.25) is 0 Å². The summed E-state index contributed by atoms with van der Waals surface area (Å²) in [6, 6.07) is 33.8. The maximum Gasteiger partial charge on any atom is 0.252 e. The van der Waals surface area contributed by atoms with E-state index in [9.17, 15) is 9.59 Å². The van der Waals surface area contributed by atoms with Crippen LogP contribution in [0.3, 0.4) is 0 Å². The highest BCUT2D eigenvalue weighted by atomic mass is 16.5. The van der Waals surface area contributed by atoms with E-state index in [0.717, 1.165) is 44.4 Å². The molecule has 236 valence electrons. The third-order valence-electron chi connectivity index (χ3n) is 7.79. The summed E-state index contributed by atoms with van der Waals surface area (Å²) in [5.74, 6) is 1.06. The number of carbonyl (C=O) groups excluding carboxylic acids is 2. The first-order chi connectivity index (χ1) is 22.9. The highest BCUT2D eigenvalue weighted by molar-refractivity contribution is 6.08. The number of nitrogens with one attached hydrogen (secondary N) is 2. The van der Waals surface area contributed by atoms with Crippen molar-refractivity contribution in [2.75, 3.05) is 19.8 Å². The lowest BCUT2D eigenvalue weighted by molar-refractivity contribution is 0.0914. The van der Waals surface area contributed by atoms with Gasteiger partial charge in [-0.2, -0.15) is 0 Å². The molecule has 6 aromatic rings. The van der Waals surface area contributed by atoms with E-state index in [2.05, 4.69) is 10.6 Å². The lowest BCUT2D eigenvalue weighted by atomic mass is 10.0. The van der Waals surface area contributed by atoms with E-state index < -0.39 is 0 Å². The molecule has 6 rings (SSSR count). The van der Waals surface area contributed by atoms with Crippen molar-refractivity contribution >= 4 is 33.6 Å². The fourth-order valence-corrected chi connectivity index (χ4v) is 5.49. The van der Waals surface area contributed by atoms with Crippen LogP contribution in [0.5, 0.6) is 11.5 Å². The number of aromatic nitrogens is 2. The zero-order valence-electron chi connectivity index (χ0n) is 26.6. The molecule has 0 spiro atoms. The molecular formula is C39H36N4O4. The number of hydrogen-bond acceptors (Lipinski definition) is 6. The number of benzene rings is 4.